The molecule has 0 aliphatic rings. The number of aromatic nitrogens is 1. The van der Waals surface area contributed by atoms with Gasteiger partial charge in [0.2, 0.25) is 0 Å². The first-order valence-electron chi connectivity index (χ1n) is 5.36. The number of rotatable bonds is 5. The molecule has 4 heteroatoms. The topological polar surface area (TPSA) is 51.2 Å². The minimum atomic E-state index is -0.189. The Kier molecular flexibility index (Phi) is 4.92. The molecule has 0 radical (unpaired) electrons. The molecule has 0 aromatic carbocycles. The highest BCUT2D eigenvalue weighted by Gasteiger charge is 2.14. The van der Waals surface area contributed by atoms with Crippen molar-refractivity contribution in [2.75, 3.05) is 13.7 Å². The minimum Gasteiger partial charge on any atom is -0.469 e. The molecular formula is C12H18N2O2. The van der Waals surface area contributed by atoms with Crippen LogP contribution in [0.15, 0.2) is 24.5 Å². The standard InChI is InChI=1S/C12H18N2O2/c1-9(12(15)16-3)7-14-10(2)11-5-4-6-13-8-11/h4-6,8-10,14H,7H2,1-3H3/t9?,10-/m1/s1. The van der Waals surface area contributed by atoms with Crippen LogP contribution in [0.5, 0.6) is 0 Å². The molecule has 0 amide bonds. The molecule has 16 heavy (non-hydrogen) atoms. The molecule has 2 atom stereocenters. The molecule has 0 fully saturated rings. The van der Waals surface area contributed by atoms with Gasteiger partial charge < -0.3 is 10.1 Å². The maximum absolute atomic E-state index is 11.2. The molecule has 0 bridgehead atoms. The lowest BCUT2D eigenvalue weighted by Crippen LogP contribution is -2.29. The van der Waals surface area contributed by atoms with Crippen molar-refractivity contribution in [2.45, 2.75) is 19.9 Å². The molecule has 0 aliphatic heterocycles. The second-order valence-corrected chi connectivity index (χ2v) is 3.84. The van der Waals surface area contributed by atoms with Gasteiger partial charge in [0.15, 0.2) is 0 Å². The van der Waals surface area contributed by atoms with E-state index in [1.807, 2.05) is 32.2 Å². The number of ether oxygens (including phenoxy) is 1. The van der Waals surface area contributed by atoms with Crippen LogP contribution in [0, 0.1) is 5.92 Å². The predicted octanol–water partition coefficient (Wildman–Crippen LogP) is 1.54. The number of hydrogen-bond donors (Lipinski definition) is 1. The molecule has 1 N–H and O–H groups in total. The van der Waals surface area contributed by atoms with Crippen molar-refractivity contribution in [3.63, 3.8) is 0 Å². The number of carbonyl (C=O) groups excluding carboxylic acids is 1. The third-order valence-corrected chi connectivity index (χ3v) is 2.52. The quantitative estimate of drug-likeness (QED) is 0.768. The molecule has 0 saturated heterocycles. The third kappa shape index (κ3) is 3.62. The van der Waals surface area contributed by atoms with E-state index in [0.717, 1.165) is 5.56 Å². The summed E-state index contributed by atoms with van der Waals surface area (Å²) in [6.07, 6.45) is 3.56. The number of methoxy groups -OCH3 is 1. The van der Waals surface area contributed by atoms with Crippen LogP contribution in [-0.2, 0) is 9.53 Å². The molecule has 88 valence electrons. The summed E-state index contributed by atoms with van der Waals surface area (Å²) in [5.74, 6) is -0.324. The second-order valence-electron chi connectivity index (χ2n) is 3.84. The van der Waals surface area contributed by atoms with Gasteiger partial charge in [-0.25, -0.2) is 0 Å². The maximum Gasteiger partial charge on any atom is 0.309 e. The molecule has 0 saturated carbocycles. The van der Waals surface area contributed by atoms with Gasteiger partial charge in [0, 0.05) is 25.0 Å². The fourth-order valence-electron chi connectivity index (χ4n) is 1.39. The van der Waals surface area contributed by atoms with Crippen LogP contribution < -0.4 is 5.32 Å². The number of nitrogens with zero attached hydrogens (tertiary/aromatic N) is 1. The summed E-state index contributed by atoms with van der Waals surface area (Å²) in [7, 11) is 1.41. The number of nitrogens with one attached hydrogen (secondary N) is 1. The van der Waals surface area contributed by atoms with Crippen molar-refractivity contribution in [1.29, 1.82) is 0 Å². The molecule has 1 rings (SSSR count). The Morgan fingerprint density at radius 2 is 2.31 bits per heavy atom. The van der Waals surface area contributed by atoms with E-state index in [-0.39, 0.29) is 17.9 Å². The van der Waals surface area contributed by atoms with E-state index in [9.17, 15) is 4.79 Å². The smallest absolute Gasteiger partial charge is 0.309 e. The highest BCUT2D eigenvalue weighted by atomic mass is 16.5. The van der Waals surface area contributed by atoms with E-state index < -0.39 is 0 Å². The van der Waals surface area contributed by atoms with Crippen molar-refractivity contribution < 1.29 is 9.53 Å². The summed E-state index contributed by atoms with van der Waals surface area (Å²) in [5.41, 5.74) is 1.11. The summed E-state index contributed by atoms with van der Waals surface area (Å²) >= 11 is 0. The van der Waals surface area contributed by atoms with E-state index in [2.05, 4.69) is 15.0 Å². The van der Waals surface area contributed by atoms with Crippen LogP contribution >= 0.6 is 0 Å². The van der Waals surface area contributed by atoms with E-state index in [1.165, 1.54) is 7.11 Å². The van der Waals surface area contributed by atoms with Gasteiger partial charge >= 0.3 is 5.97 Å². The van der Waals surface area contributed by atoms with Gasteiger partial charge in [-0.2, -0.15) is 0 Å². The summed E-state index contributed by atoms with van der Waals surface area (Å²) in [6, 6.07) is 4.09. The molecule has 4 nitrogen and oxygen atoms in total. The Morgan fingerprint density at radius 3 is 2.88 bits per heavy atom. The van der Waals surface area contributed by atoms with Crippen molar-refractivity contribution in [2.24, 2.45) is 5.92 Å². The zero-order valence-corrected chi connectivity index (χ0v) is 9.93. The van der Waals surface area contributed by atoms with Gasteiger partial charge in [-0.3, -0.25) is 9.78 Å². The van der Waals surface area contributed by atoms with E-state index in [1.54, 1.807) is 6.20 Å². The molecule has 1 aromatic rings. The van der Waals surface area contributed by atoms with Crippen LogP contribution in [0.4, 0.5) is 0 Å². The van der Waals surface area contributed by atoms with Gasteiger partial charge in [-0.05, 0) is 18.6 Å². The summed E-state index contributed by atoms with van der Waals surface area (Å²) in [6.45, 7) is 4.48. The Morgan fingerprint density at radius 1 is 1.56 bits per heavy atom. The molecular weight excluding hydrogens is 204 g/mol. The number of pyridine rings is 1. The van der Waals surface area contributed by atoms with Crippen molar-refractivity contribution >= 4 is 5.97 Å². The summed E-state index contributed by atoms with van der Waals surface area (Å²) in [5, 5.41) is 3.27. The van der Waals surface area contributed by atoms with Gasteiger partial charge in [0.25, 0.3) is 0 Å². The van der Waals surface area contributed by atoms with Crippen LogP contribution in [-0.4, -0.2) is 24.6 Å². The Balaban J connectivity index is 2.41. The number of esters is 1. The highest BCUT2D eigenvalue weighted by Crippen LogP contribution is 2.10. The van der Waals surface area contributed by atoms with Gasteiger partial charge in [0.1, 0.15) is 0 Å². The molecule has 0 aliphatic carbocycles. The number of carbonyl (C=O) groups is 1. The second kappa shape index (κ2) is 6.23. The summed E-state index contributed by atoms with van der Waals surface area (Å²) in [4.78, 5) is 15.2. The zero-order chi connectivity index (χ0) is 12.0. The van der Waals surface area contributed by atoms with Gasteiger partial charge in [-0.1, -0.05) is 13.0 Å². The SMILES string of the molecule is COC(=O)C(C)CN[C@H](C)c1cccnc1. The fourth-order valence-corrected chi connectivity index (χ4v) is 1.39. The normalized spacial score (nSPS) is 14.2. The highest BCUT2D eigenvalue weighted by molar-refractivity contribution is 5.72. The summed E-state index contributed by atoms with van der Waals surface area (Å²) < 4.78 is 4.66. The van der Waals surface area contributed by atoms with E-state index in [4.69, 9.17) is 0 Å². The molecule has 0 spiro atoms. The lowest BCUT2D eigenvalue weighted by molar-refractivity contribution is -0.144. The van der Waals surface area contributed by atoms with Gasteiger partial charge in [-0.15, -0.1) is 0 Å². The van der Waals surface area contributed by atoms with Gasteiger partial charge in [0.05, 0.1) is 13.0 Å². The average molecular weight is 222 g/mol. The zero-order valence-electron chi connectivity index (χ0n) is 9.93. The Hall–Kier alpha value is -1.42. The maximum atomic E-state index is 11.2. The van der Waals surface area contributed by atoms with Crippen LogP contribution in [0.1, 0.15) is 25.5 Å². The lowest BCUT2D eigenvalue weighted by atomic mass is 10.1. The number of hydrogen-bond acceptors (Lipinski definition) is 4. The van der Waals surface area contributed by atoms with Crippen LogP contribution in [0.2, 0.25) is 0 Å². The Labute approximate surface area is 96.0 Å². The molecule has 1 aromatic heterocycles. The third-order valence-electron chi connectivity index (χ3n) is 2.52. The van der Waals surface area contributed by atoms with Crippen molar-refractivity contribution in [3.8, 4) is 0 Å². The minimum absolute atomic E-state index is 0.135. The van der Waals surface area contributed by atoms with Crippen LogP contribution in [0.3, 0.4) is 0 Å². The molecule has 1 heterocycles. The first-order valence-corrected chi connectivity index (χ1v) is 5.36. The Bertz CT molecular complexity index is 327. The average Bonchev–Trinajstić information content (AvgIpc) is 2.35. The van der Waals surface area contributed by atoms with Crippen LogP contribution in [0.25, 0.3) is 0 Å². The van der Waals surface area contributed by atoms with E-state index >= 15 is 0 Å². The lowest BCUT2D eigenvalue weighted by Gasteiger charge is -2.16. The molecule has 1 unspecified atom stereocenters. The fraction of sp³-hybridized carbons (Fsp3) is 0.500. The monoisotopic (exact) mass is 222 g/mol. The first kappa shape index (κ1) is 12.6. The van der Waals surface area contributed by atoms with Crippen molar-refractivity contribution in [3.05, 3.63) is 30.1 Å². The largest absolute Gasteiger partial charge is 0.469 e. The predicted molar refractivity (Wildman–Crippen MR) is 61.8 cm³/mol. The van der Waals surface area contributed by atoms with E-state index in [0.29, 0.717) is 6.54 Å². The first-order chi connectivity index (χ1) is 7.65. The van der Waals surface area contributed by atoms with Crippen molar-refractivity contribution in [1.82, 2.24) is 10.3 Å².